The van der Waals surface area contributed by atoms with Gasteiger partial charge < -0.3 is 10.6 Å². The predicted octanol–water partition coefficient (Wildman–Crippen LogP) is 1.78. The Kier molecular flexibility index (Phi) is 4.83. The maximum Gasteiger partial charge on any atom is 0.242 e. The fourth-order valence-corrected chi connectivity index (χ4v) is 3.19. The average Bonchev–Trinajstić information content (AvgIpc) is 2.86. The first kappa shape index (κ1) is 17.1. The fraction of sp³-hybridized carbons (Fsp3) is 0.389. The molecule has 132 valence electrons. The molecule has 1 aliphatic heterocycles. The Labute approximate surface area is 145 Å². The van der Waals surface area contributed by atoms with Crippen LogP contribution in [0.2, 0.25) is 0 Å². The Balaban J connectivity index is 1.73. The van der Waals surface area contributed by atoms with Crippen LogP contribution >= 0.6 is 0 Å². The molecule has 1 aliphatic rings. The van der Waals surface area contributed by atoms with Crippen LogP contribution in [-0.2, 0) is 16.1 Å². The van der Waals surface area contributed by atoms with Crippen LogP contribution in [0.4, 0.5) is 4.39 Å². The number of rotatable bonds is 4. The fourth-order valence-electron chi connectivity index (χ4n) is 3.19. The molecule has 25 heavy (non-hydrogen) atoms. The van der Waals surface area contributed by atoms with Crippen LogP contribution in [0.15, 0.2) is 30.3 Å². The normalized spacial score (nSPS) is 20.2. The van der Waals surface area contributed by atoms with Gasteiger partial charge in [-0.1, -0.05) is 12.1 Å². The van der Waals surface area contributed by atoms with Crippen molar-refractivity contribution in [3.8, 4) is 0 Å². The highest BCUT2D eigenvalue weighted by atomic mass is 19.1. The molecular formula is C18H21FN4O2. The van der Waals surface area contributed by atoms with Crippen molar-refractivity contribution in [2.45, 2.75) is 45.3 Å². The van der Waals surface area contributed by atoms with Crippen molar-refractivity contribution < 1.29 is 14.0 Å². The maximum atomic E-state index is 13.5. The van der Waals surface area contributed by atoms with Gasteiger partial charge in [0.2, 0.25) is 11.8 Å². The first-order valence-corrected chi connectivity index (χ1v) is 8.27. The summed E-state index contributed by atoms with van der Waals surface area (Å²) >= 11 is 0. The predicted molar refractivity (Wildman–Crippen MR) is 90.1 cm³/mol. The van der Waals surface area contributed by atoms with E-state index in [-0.39, 0.29) is 30.2 Å². The van der Waals surface area contributed by atoms with Crippen LogP contribution in [0, 0.1) is 19.7 Å². The topological polar surface area (TPSA) is 76.0 Å². The van der Waals surface area contributed by atoms with E-state index in [0.717, 1.165) is 11.4 Å². The summed E-state index contributed by atoms with van der Waals surface area (Å²) in [6.07, 6.45) is 0.840. The monoisotopic (exact) mass is 344 g/mol. The van der Waals surface area contributed by atoms with Gasteiger partial charge in [-0.05, 0) is 44.0 Å². The Hall–Kier alpha value is -2.70. The number of hydrogen-bond donors (Lipinski definition) is 2. The molecule has 2 amide bonds. The SMILES string of the molecule is Cc1cc(C)n(CC(=O)NC2CCC(=O)NC2c2cccc(F)c2)n1. The number of carbonyl (C=O) groups excluding carboxylic acids is 2. The third-order valence-corrected chi connectivity index (χ3v) is 4.35. The number of aryl methyl sites for hydroxylation is 2. The van der Waals surface area contributed by atoms with Crippen LogP contribution in [0.25, 0.3) is 0 Å². The Morgan fingerprint density at radius 1 is 1.40 bits per heavy atom. The number of nitrogens with one attached hydrogen (secondary N) is 2. The molecule has 2 unspecified atom stereocenters. The minimum atomic E-state index is -0.443. The zero-order chi connectivity index (χ0) is 18.0. The second kappa shape index (κ2) is 7.04. The molecule has 1 aromatic carbocycles. The van der Waals surface area contributed by atoms with Gasteiger partial charge in [-0.25, -0.2) is 4.39 Å². The number of nitrogens with zero attached hydrogens (tertiary/aromatic N) is 2. The lowest BCUT2D eigenvalue weighted by Crippen LogP contribution is -2.50. The zero-order valence-corrected chi connectivity index (χ0v) is 14.3. The Morgan fingerprint density at radius 3 is 2.88 bits per heavy atom. The van der Waals surface area contributed by atoms with E-state index in [1.54, 1.807) is 16.8 Å². The van der Waals surface area contributed by atoms with Crippen molar-refractivity contribution in [2.75, 3.05) is 0 Å². The smallest absolute Gasteiger partial charge is 0.242 e. The molecule has 0 radical (unpaired) electrons. The number of carbonyl (C=O) groups is 2. The third-order valence-electron chi connectivity index (χ3n) is 4.35. The van der Waals surface area contributed by atoms with Gasteiger partial charge in [-0.15, -0.1) is 0 Å². The summed E-state index contributed by atoms with van der Waals surface area (Å²) in [6.45, 7) is 3.88. The van der Waals surface area contributed by atoms with Gasteiger partial charge in [0.05, 0.1) is 17.8 Å². The molecule has 0 aliphatic carbocycles. The average molecular weight is 344 g/mol. The summed E-state index contributed by atoms with van der Waals surface area (Å²) in [4.78, 5) is 24.2. The minimum Gasteiger partial charge on any atom is -0.349 e. The van der Waals surface area contributed by atoms with Crippen LogP contribution in [0.3, 0.4) is 0 Å². The van der Waals surface area contributed by atoms with Gasteiger partial charge in [0.1, 0.15) is 12.4 Å². The van der Waals surface area contributed by atoms with Crippen molar-refractivity contribution in [3.05, 3.63) is 53.1 Å². The molecule has 2 atom stereocenters. The lowest BCUT2D eigenvalue weighted by Gasteiger charge is -2.33. The van der Waals surface area contributed by atoms with E-state index in [1.165, 1.54) is 12.1 Å². The van der Waals surface area contributed by atoms with Crippen LogP contribution in [0.5, 0.6) is 0 Å². The molecule has 6 nitrogen and oxygen atoms in total. The van der Waals surface area contributed by atoms with Gasteiger partial charge in [-0.2, -0.15) is 5.10 Å². The first-order valence-electron chi connectivity index (χ1n) is 8.27. The first-order chi connectivity index (χ1) is 11.9. The standard InChI is InChI=1S/C18H21FN4O2/c1-11-8-12(2)23(22-11)10-17(25)20-15-6-7-16(24)21-18(15)13-4-3-5-14(19)9-13/h3-5,8-9,15,18H,6-7,10H2,1-2H3,(H,20,25)(H,21,24). The van der Waals surface area contributed by atoms with Gasteiger partial charge in [0, 0.05) is 12.1 Å². The molecule has 0 spiro atoms. The largest absolute Gasteiger partial charge is 0.349 e. The van der Waals surface area contributed by atoms with E-state index in [4.69, 9.17) is 0 Å². The van der Waals surface area contributed by atoms with Gasteiger partial charge in [-0.3, -0.25) is 14.3 Å². The number of halogens is 1. The summed E-state index contributed by atoms with van der Waals surface area (Å²) in [5.74, 6) is -0.655. The molecule has 3 rings (SSSR count). The molecule has 2 N–H and O–H groups in total. The highest BCUT2D eigenvalue weighted by Gasteiger charge is 2.31. The van der Waals surface area contributed by atoms with Crippen molar-refractivity contribution in [2.24, 2.45) is 0 Å². The summed E-state index contributed by atoms with van der Waals surface area (Å²) in [5, 5.41) is 10.1. The molecule has 0 bridgehead atoms. The lowest BCUT2D eigenvalue weighted by molar-refractivity contribution is -0.127. The van der Waals surface area contributed by atoms with E-state index in [1.807, 2.05) is 19.9 Å². The molecular weight excluding hydrogens is 323 g/mol. The minimum absolute atomic E-state index is 0.0988. The molecule has 0 saturated carbocycles. The van der Waals surface area contributed by atoms with Gasteiger partial charge in [0.25, 0.3) is 0 Å². The highest BCUT2D eigenvalue weighted by molar-refractivity contribution is 5.79. The summed E-state index contributed by atoms with van der Waals surface area (Å²) in [6, 6.07) is 7.26. The molecule has 1 saturated heterocycles. The summed E-state index contributed by atoms with van der Waals surface area (Å²) in [5.41, 5.74) is 2.41. The summed E-state index contributed by atoms with van der Waals surface area (Å²) < 4.78 is 15.2. The van der Waals surface area contributed by atoms with E-state index in [9.17, 15) is 14.0 Å². The van der Waals surface area contributed by atoms with Crippen molar-refractivity contribution in [1.82, 2.24) is 20.4 Å². The van der Waals surface area contributed by atoms with Crippen molar-refractivity contribution >= 4 is 11.8 Å². The molecule has 1 aromatic heterocycles. The molecule has 1 fully saturated rings. The Morgan fingerprint density at radius 2 is 2.20 bits per heavy atom. The number of benzene rings is 1. The van der Waals surface area contributed by atoms with Crippen molar-refractivity contribution in [1.29, 1.82) is 0 Å². The number of hydrogen-bond acceptors (Lipinski definition) is 3. The highest BCUT2D eigenvalue weighted by Crippen LogP contribution is 2.24. The van der Waals surface area contributed by atoms with E-state index in [2.05, 4.69) is 15.7 Å². The van der Waals surface area contributed by atoms with Crippen LogP contribution < -0.4 is 10.6 Å². The number of amides is 2. The Bertz CT molecular complexity index is 802. The molecule has 2 heterocycles. The van der Waals surface area contributed by atoms with Gasteiger partial charge >= 0.3 is 0 Å². The zero-order valence-electron chi connectivity index (χ0n) is 14.3. The summed E-state index contributed by atoms with van der Waals surface area (Å²) in [7, 11) is 0. The van der Waals surface area contributed by atoms with Gasteiger partial charge in [0.15, 0.2) is 0 Å². The third kappa shape index (κ3) is 4.04. The quantitative estimate of drug-likeness (QED) is 0.888. The van der Waals surface area contributed by atoms with E-state index < -0.39 is 6.04 Å². The van der Waals surface area contributed by atoms with Crippen LogP contribution in [0.1, 0.15) is 35.8 Å². The number of aromatic nitrogens is 2. The van der Waals surface area contributed by atoms with Crippen molar-refractivity contribution in [3.63, 3.8) is 0 Å². The lowest BCUT2D eigenvalue weighted by atomic mass is 9.92. The second-order valence-electron chi connectivity index (χ2n) is 6.40. The van der Waals surface area contributed by atoms with E-state index in [0.29, 0.717) is 18.4 Å². The molecule has 7 heteroatoms. The van der Waals surface area contributed by atoms with E-state index >= 15 is 0 Å². The van der Waals surface area contributed by atoms with Crippen LogP contribution in [-0.4, -0.2) is 27.6 Å². The molecule has 2 aromatic rings. The second-order valence-corrected chi connectivity index (χ2v) is 6.40. The number of piperidine rings is 1. The maximum absolute atomic E-state index is 13.5.